The number of aromatic nitrogens is 3. The fraction of sp³-hybridized carbons (Fsp3) is 0.296. The molecule has 0 fully saturated rings. The fourth-order valence-electron chi connectivity index (χ4n) is 4.83. The van der Waals surface area contributed by atoms with Crippen molar-refractivity contribution >= 4 is 11.4 Å². The molecule has 2 aromatic heterocycles. The number of Topliss-reactive ketones (excluding diaryl/α,β-unsaturated/α-hetero) is 1. The van der Waals surface area contributed by atoms with Gasteiger partial charge in [-0.05, 0) is 54.7 Å². The predicted molar refractivity (Wildman–Crippen MR) is 131 cm³/mol. The third kappa shape index (κ3) is 3.84. The lowest BCUT2D eigenvalue weighted by molar-refractivity contribution is 0.0962. The molecule has 4 aromatic rings. The van der Waals surface area contributed by atoms with Crippen molar-refractivity contribution < 1.29 is 23.7 Å². The Labute approximate surface area is 203 Å². The van der Waals surface area contributed by atoms with E-state index in [1.165, 1.54) is 0 Å². The second-order valence-electron chi connectivity index (χ2n) is 8.55. The van der Waals surface area contributed by atoms with Crippen LogP contribution in [0.3, 0.4) is 0 Å². The standard InChI is InChI=1S/C27H27N3O5/c1-15-25(16-7-6-8-19(9-16)32-2)27-28-21-10-17(11-22(31)20(21)14-30(27)29-15)18-12-23(33-3)26(35-5)24(13-18)34-4/h6-9,12-14,17H,10-11H2,1-5H3. The number of benzene rings is 2. The molecule has 35 heavy (non-hydrogen) atoms. The van der Waals surface area contributed by atoms with Crippen molar-refractivity contribution in [3.8, 4) is 34.1 Å². The molecule has 0 aliphatic heterocycles. The summed E-state index contributed by atoms with van der Waals surface area (Å²) in [6.07, 6.45) is 2.78. The summed E-state index contributed by atoms with van der Waals surface area (Å²) in [5, 5.41) is 4.64. The number of hydrogen-bond acceptors (Lipinski definition) is 7. The summed E-state index contributed by atoms with van der Waals surface area (Å²) in [4.78, 5) is 18.2. The van der Waals surface area contributed by atoms with Crippen molar-refractivity contribution in [2.45, 2.75) is 25.7 Å². The van der Waals surface area contributed by atoms with E-state index in [9.17, 15) is 4.79 Å². The molecule has 0 amide bonds. The number of carbonyl (C=O) groups excluding carboxylic acids is 1. The van der Waals surface area contributed by atoms with E-state index in [1.807, 2.05) is 49.5 Å². The molecule has 180 valence electrons. The van der Waals surface area contributed by atoms with Gasteiger partial charge in [-0.1, -0.05) is 12.1 Å². The minimum Gasteiger partial charge on any atom is -0.497 e. The van der Waals surface area contributed by atoms with Crippen LogP contribution in [0.4, 0.5) is 0 Å². The number of aryl methyl sites for hydroxylation is 1. The highest BCUT2D eigenvalue weighted by atomic mass is 16.5. The van der Waals surface area contributed by atoms with Crippen molar-refractivity contribution in [1.82, 2.24) is 14.6 Å². The van der Waals surface area contributed by atoms with E-state index in [2.05, 4.69) is 5.10 Å². The van der Waals surface area contributed by atoms with E-state index < -0.39 is 0 Å². The Hall–Kier alpha value is -4.07. The van der Waals surface area contributed by atoms with E-state index in [1.54, 1.807) is 33.0 Å². The van der Waals surface area contributed by atoms with E-state index in [0.717, 1.165) is 33.8 Å². The average Bonchev–Trinajstić information content (AvgIpc) is 3.21. The Morgan fingerprint density at radius 2 is 1.69 bits per heavy atom. The highest BCUT2D eigenvalue weighted by Crippen LogP contribution is 2.43. The van der Waals surface area contributed by atoms with Crippen molar-refractivity contribution in [3.05, 3.63) is 65.1 Å². The van der Waals surface area contributed by atoms with Crippen LogP contribution in [0, 0.1) is 6.92 Å². The minimum atomic E-state index is -0.0667. The molecule has 1 atom stereocenters. The largest absolute Gasteiger partial charge is 0.497 e. The van der Waals surface area contributed by atoms with Crippen molar-refractivity contribution in [3.63, 3.8) is 0 Å². The van der Waals surface area contributed by atoms with Gasteiger partial charge in [0.25, 0.3) is 0 Å². The number of fused-ring (bicyclic) bond motifs is 2. The van der Waals surface area contributed by atoms with Gasteiger partial charge in [0.15, 0.2) is 22.9 Å². The Bertz CT molecular complexity index is 1420. The highest BCUT2D eigenvalue weighted by Gasteiger charge is 2.30. The molecule has 5 rings (SSSR count). The molecule has 0 saturated heterocycles. The smallest absolute Gasteiger partial charge is 0.203 e. The van der Waals surface area contributed by atoms with E-state index in [-0.39, 0.29) is 11.7 Å². The summed E-state index contributed by atoms with van der Waals surface area (Å²) in [5.74, 6) is 2.39. The van der Waals surface area contributed by atoms with Gasteiger partial charge >= 0.3 is 0 Å². The molecule has 2 aromatic carbocycles. The van der Waals surface area contributed by atoms with E-state index >= 15 is 0 Å². The third-order valence-corrected chi connectivity index (χ3v) is 6.55. The lowest BCUT2D eigenvalue weighted by Crippen LogP contribution is -2.21. The molecule has 0 bridgehead atoms. The maximum Gasteiger partial charge on any atom is 0.203 e. The van der Waals surface area contributed by atoms with Gasteiger partial charge in [-0.15, -0.1) is 0 Å². The summed E-state index contributed by atoms with van der Waals surface area (Å²) in [5.41, 5.74) is 5.76. The first-order chi connectivity index (χ1) is 17.0. The molecule has 1 aliphatic rings. The molecule has 0 saturated carbocycles. The molecule has 2 heterocycles. The lowest BCUT2D eigenvalue weighted by Gasteiger charge is -2.24. The molecular formula is C27H27N3O5. The number of nitrogens with zero attached hydrogens (tertiary/aromatic N) is 3. The Morgan fingerprint density at radius 1 is 0.943 bits per heavy atom. The summed E-state index contributed by atoms with van der Waals surface area (Å²) >= 11 is 0. The van der Waals surface area contributed by atoms with Crippen molar-refractivity contribution in [2.24, 2.45) is 0 Å². The second-order valence-corrected chi connectivity index (χ2v) is 8.55. The summed E-state index contributed by atoms with van der Waals surface area (Å²) in [6.45, 7) is 1.95. The minimum absolute atomic E-state index is 0.0375. The SMILES string of the molecule is COc1cccc(-c2c(C)nn3cc4c(nc23)CC(c2cc(OC)c(OC)c(OC)c2)CC4=O)c1. The number of hydrogen-bond donors (Lipinski definition) is 0. The van der Waals surface area contributed by atoms with Gasteiger partial charge in [-0.3, -0.25) is 4.79 Å². The molecular weight excluding hydrogens is 446 g/mol. The topological polar surface area (TPSA) is 84.2 Å². The normalized spacial score (nSPS) is 15.1. The number of methoxy groups -OCH3 is 4. The van der Waals surface area contributed by atoms with Crippen molar-refractivity contribution in [2.75, 3.05) is 28.4 Å². The van der Waals surface area contributed by atoms with Crippen LogP contribution in [-0.2, 0) is 6.42 Å². The zero-order valence-electron chi connectivity index (χ0n) is 20.4. The number of ether oxygens (including phenoxy) is 4. The second kappa shape index (κ2) is 8.94. The molecule has 0 N–H and O–H groups in total. The van der Waals surface area contributed by atoms with Gasteiger partial charge in [-0.25, -0.2) is 9.50 Å². The number of carbonyl (C=O) groups is 1. The maximum atomic E-state index is 13.2. The van der Waals surface area contributed by atoms with E-state index in [4.69, 9.17) is 23.9 Å². The zero-order valence-corrected chi connectivity index (χ0v) is 20.4. The van der Waals surface area contributed by atoms with Gasteiger partial charge < -0.3 is 18.9 Å². The van der Waals surface area contributed by atoms with Gasteiger partial charge in [0.05, 0.1) is 45.4 Å². The zero-order chi connectivity index (χ0) is 24.7. The van der Waals surface area contributed by atoms with Gasteiger partial charge in [-0.2, -0.15) is 5.10 Å². The summed E-state index contributed by atoms with van der Waals surface area (Å²) in [7, 11) is 6.39. The summed E-state index contributed by atoms with van der Waals surface area (Å²) < 4.78 is 23.6. The third-order valence-electron chi connectivity index (χ3n) is 6.55. The molecule has 8 heteroatoms. The molecule has 0 radical (unpaired) electrons. The van der Waals surface area contributed by atoms with Crippen LogP contribution >= 0.6 is 0 Å². The molecule has 0 spiro atoms. The fourth-order valence-corrected chi connectivity index (χ4v) is 4.83. The monoisotopic (exact) mass is 473 g/mol. The quantitative estimate of drug-likeness (QED) is 0.403. The predicted octanol–water partition coefficient (Wildman–Crippen LogP) is 4.65. The molecule has 8 nitrogen and oxygen atoms in total. The number of ketones is 1. The van der Waals surface area contributed by atoms with Gasteiger partial charge in [0.1, 0.15) is 5.75 Å². The van der Waals surface area contributed by atoms with Crippen molar-refractivity contribution in [1.29, 1.82) is 0 Å². The first-order valence-corrected chi connectivity index (χ1v) is 11.3. The van der Waals surface area contributed by atoms with Crippen LogP contribution in [-0.4, -0.2) is 48.8 Å². The highest BCUT2D eigenvalue weighted by molar-refractivity contribution is 5.99. The first kappa shape index (κ1) is 22.7. The van der Waals surface area contributed by atoms with Crippen LogP contribution in [0.15, 0.2) is 42.6 Å². The van der Waals surface area contributed by atoms with Gasteiger partial charge in [0.2, 0.25) is 5.75 Å². The molecule has 1 unspecified atom stereocenters. The van der Waals surface area contributed by atoms with E-state index in [0.29, 0.717) is 41.3 Å². The van der Waals surface area contributed by atoms with Crippen LogP contribution in [0.25, 0.3) is 16.8 Å². The summed E-state index contributed by atoms with van der Waals surface area (Å²) in [6, 6.07) is 11.6. The number of rotatable bonds is 6. The lowest BCUT2D eigenvalue weighted by atomic mass is 9.82. The Balaban J connectivity index is 1.60. The van der Waals surface area contributed by atoms with Crippen LogP contribution in [0.2, 0.25) is 0 Å². The average molecular weight is 474 g/mol. The van der Waals surface area contributed by atoms with Crippen LogP contribution in [0.1, 0.15) is 39.6 Å². The van der Waals surface area contributed by atoms with Crippen LogP contribution < -0.4 is 18.9 Å². The molecule has 1 aliphatic carbocycles. The maximum absolute atomic E-state index is 13.2. The van der Waals surface area contributed by atoms with Crippen LogP contribution in [0.5, 0.6) is 23.0 Å². The Morgan fingerprint density at radius 3 is 2.34 bits per heavy atom. The first-order valence-electron chi connectivity index (χ1n) is 11.3. The Kier molecular flexibility index (Phi) is 5.80. The van der Waals surface area contributed by atoms with Gasteiger partial charge in [0, 0.05) is 18.2 Å².